The normalized spacial score (nSPS) is 12.7. The van der Waals surface area contributed by atoms with E-state index in [1.165, 1.54) is 31.2 Å². The van der Waals surface area contributed by atoms with Crippen LogP contribution in [0.3, 0.4) is 0 Å². The van der Waals surface area contributed by atoms with Crippen LogP contribution in [0, 0.1) is 5.92 Å². The van der Waals surface area contributed by atoms with Crippen LogP contribution in [-0.2, 0) is 6.42 Å². The Bertz CT molecular complexity index is 377. The molecule has 0 aliphatic heterocycles. The first kappa shape index (κ1) is 16.7. The van der Waals surface area contributed by atoms with Gasteiger partial charge in [0.15, 0.2) is 0 Å². The van der Waals surface area contributed by atoms with Crippen molar-refractivity contribution in [2.75, 3.05) is 7.11 Å². The monoisotopic (exact) mass is 302 g/mol. The molecule has 0 heterocycles. The molecule has 1 atom stereocenters. The van der Waals surface area contributed by atoms with E-state index < -0.39 is 4.84 Å². The first-order valence-corrected chi connectivity index (χ1v) is 7.94. The molecule has 108 valence electrons. The van der Waals surface area contributed by atoms with Crippen LogP contribution in [0.15, 0.2) is 18.2 Å². The second kappa shape index (κ2) is 8.71. The average molecular weight is 303 g/mol. The largest absolute Gasteiger partial charge is 0.497 e. The van der Waals surface area contributed by atoms with Crippen molar-refractivity contribution in [1.29, 1.82) is 0 Å². The van der Waals surface area contributed by atoms with Crippen LogP contribution in [0.4, 0.5) is 0 Å². The van der Waals surface area contributed by atoms with Crippen molar-refractivity contribution in [3.63, 3.8) is 0 Å². The molecule has 1 aromatic rings. The summed E-state index contributed by atoms with van der Waals surface area (Å²) in [5, 5.41) is 0. The molecule has 0 bridgehead atoms. The SMILES string of the molecule is CCCCC(CC)Cc1ccc(OC)cc1C(Cl)Cl. The molecule has 1 unspecified atom stereocenters. The summed E-state index contributed by atoms with van der Waals surface area (Å²) < 4.78 is 5.24. The summed E-state index contributed by atoms with van der Waals surface area (Å²) in [6.45, 7) is 4.49. The van der Waals surface area contributed by atoms with Crippen LogP contribution < -0.4 is 4.74 Å². The number of hydrogen-bond donors (Lipinski definition) is 0. The standard InChI is InChI=1S/C16H24Cl2O/c1-4-6-7-12(5-2)10-13-8-9-14(19-3)11-15(13)16(17)18/h8-9,11-12,16H,4-7,10H2,1-3H3. The minimum absolute atomic E-state index is 0.492. The fraction of sp³-hybridized carbons (Fsp3) is 0.625. The molecule has 0 N–H and O–H groups in total. The zero-order chi connectivity index (χ0) is 14.3. The molecule has 3 heteroatoms. The van der Waals surface area contributed by atoms with E-state index in [-0.39, 0.29) is 0 Å². The van der Waals surface area contributed by atoms with Crippen LogP contribution in [0.5, 0.6) is 5.75 Å². The molecule has 0 saturated heterocycles. The summed E-state index contributed by atoms with van der Waals surface area (Å²) in [5.41, 5.74) is 2.23. The molecular formula is C16H24Cl2O. The fourth-order valence-corrected chi connectivity index (χ4v) is 2.75. The van der Waals surface area contributed by atoms with E-state index in [2.05, 4.69) is 19.9 Å². The predicted molar refractivity (Wildman–Crippen MR) is 84.5 cm³/mol. The van der Waals surface area contributed by atoms with Gasteiger partial charge >= 0.3 is 0 Å². The molecule has 0 amide bonds. The first-order chi connectivity index (χ1) is 9.12. The van der Waals surface area contributed by atoms with E-state index in [0.717, 1.165) is 17.7 Å². The second-order valence-electron chi connectivity index (χ2n) is 4.99. The van der Waals surface area contributed by atoms with Crippen LogP contribution in [0.2, 0.25) is 0 Å². The fourth-order valence-electron chi connectivity index (χ4n) is 2.34. The lowest BCUT2D eigenvalue weighted by atomic mass is 9.90. The van der Waals surface area contributed by atoms with Gasteiger partial charge in [-0.25, -0.2) is 0 Å². The lowest BCUT2D eigenvalue weighted by molar-refractivity contribution is 0.413. The average Bonchev–Trinajstić information content (AvgIpc) is 2.43. The summed E-state index contributed by atoms with van der Waals surface area (Å²) in [5.74, 6) is 1.52. The van der Waals surface area contributed by atoms with E-state index in [4.69, 9.17) is 27.9 Å². The Hall–Kier alpha value is -0.400. The van der Waals surface area contributed by atoms with Gasteiger partial charge in [-0.1, -0.05) is 45.6 Å². The Morgan fingerprint density at radius 1 is 1.21 bits per heavy atom. The maximum atomic E-state index is 6.08. The van der Waals surface area contributed by atoms with Crippen molar-refractivity contribution in [1.82, 2.24) is 0 Å². The maximum absolute atomic E-state index is 6.08. The molecule has 1 rings (SSSR count). The Morgan fingerprint density at radius 2 is 1.95 bits per heavy atom. The van der Waals surface area contributed by atoms with Gasteiger partial charge in [0.1, 0.15) is 10.6 Å². The van der Waals surface area contributed by atoms with Gasteiger partial charge in [0.05, 0.1) is 7.11 Å². The number of rotatable bonds is 8. The maximum Gasteiger partial charge on any atom is 0.133 e. The number of methoxy groups -OCH3 is 1. The van der Waals surface area contributed by atoms with Crippen LogP contribution in [-0.4, -0.2) is 7.11 Å². The quantitative estimate of drug-likeness (QED) is 0.541. The van der Waals surface area contributed by atoms with Crippen LogP contribution in [0.1, 0.15) is 55.5 Å². The van der Waals surface area contributed by atoms with E-state index in [0.29, 0.717) is 5.92 Å². The Labute approximate surface area is 127 Å². The van der Waals surface area contributed by atoms with E-state index in [1.807, 2.05) is 12.1 Å². The molecule has 0 aliphatic rings. The minimum Gasteiger partial charge on any atom is -0.497 e. The third kappa shape index (κ3) is 5.24. The van der Waals surface area contributed by atoms with Gasteiger partial charge in [-0.05, 0) is 35.6 Å². The van der Waals surface area contributed by atoms with E-state index >= 15 is 0 Å². The summed E-state index contributed by atoms with van der Waals surface area (Å²) in [7, 11) is 1.66. The van der Waals surface area contributed by atoms with Crippen molar-refractivity contribution in [3.8, 4) is 5.75 Å². The molecule has 0 radical (unpaired) electrons. The number of ether oxygens (including phenoxy) is 1. The van der Waals surface area contributed by atoms with Gasteiger partial charge in [-0.2, -0.15) is 0 Å². The van der Waals surface area contributed by atoms with Gasteiger partial charge in [0.2, 0.25) is 0 Å². The molecule has 0 spiro atoms. The Kier molecular flexibility index (Phi) is 7.63. The molecular weight excluding hydrogens is 279 g/mol. The molecule has 0 saturated carbocycles. The first-order valence-electron chi connectivity index (χ1n) is 7.07. The van der Waals surface area contributed by atoms with Crippen LogP contribution in [0.25, 0.3) is 0 Å². The highest BCUT2D eigenvalue weighted by atomic mass is 35.5. The number of halogens is 2. The summed E-state index contributed by atoms with van der Waals surface area (Å²) >= 11 is 12.2. The third-order valence-electron chi connectivity index (χ3n) is 3.64. The zero-order valence-electron chi connectivity index (χ0n) is 12.1. The van der Waals surface area contributed by atoms with E-state index in [1.54, 1.807) is 7.11 Å². The number of unbranched alkanes of at least 4 members (excludes halogenated alkanes) is 1. The van der Waals surface area contributed by atoms with Gasteiger partial charge < -0.3 is 4.74 Å². The van der Waals surface area contributed by atoms with Crippen molar-refractivity contribution < 1.29 is 4.74 Å². The second-order valence-corrected chi connectivity index (χ2v) is 6.08. The molecule has 19 heavy (non-hydrogen) atoms. The van der Waals surface area contributed by atoms with Gasteiger partial charge in [0, 0.05) is 0 Å². The lowest BCUT2D eigenvalue weighted by Gasteiger charge is -2.18. The summed E-state index contributed by atoms with van der Waals surface area (Å²) in [4.78, 5) is -0.492. The lowest BCUT2D eigenvalue weighted by Crippen LogP contribution is -2.06. The highest BCUT2D eigenvalue weighted by Crippen LogP contribution is 2.33. The summed E-state index contributed by atoms with van der Waals surface area (Å²) in [6.07, 6.45) is 6.05. The van der Waals surface area contributed by atoms with Crippen LogP contribution >= 0.6 is 23.2 Å². The topological polar surface area (TPSA) is 9.23 Å². The highest BCUT2D eigenvalue weighted by molar-refractivity contribution is 6.44. The van der Waals surface area contributed by atoms with Gasteiger partial charge in [0.25, 0.3) is 0 Å². The molecule has 0 fully saturated rings. The zero-order valence-corrected chi connectivity index (χ0v) is 13.6. The molecule has 0 aliphatic carbocycles. The van der Waals surface area contributed by atoms with Crippen molar-refractivity contribution in [2.45, 2.75) is 50.8 Å². The predicted octanol–water partition coefficient (Wildman–Crippen LogP) is 5.93. The van der Waals surface area contributed by atoms with Crippen molar-refractivity contribution in [2.24, 2.45) is 5.92 Å². The minimum atomic E-state index is -0.492. The molecule has 1 nitrogen and oxygen atoms in total. The smallest absolute Gasteiger partial charge is 0.133 e. The number of hydrogen-bond acceptors (Lipinski definition) is 1. The highest BCUT2D eigenvalue weighted by Gasteiger charge is 2.15. The van der Waals surface area contributed by atoms with Crippen molar-refractivity contribution in [3.05, 3.63) is 29.3 Å². The third-order valence-corrected chi connectivity index (χ3v) is 4.11. The molecule has 0 aromatic heterocycles. The number of benzene rings is 1. The number of alkyl halides is 2. The van der Waals surface area contributed by atoms with Crippen molar-refractivity contribution >= 4 is 23.2 Å². The Morgan fingerprint density at radius 3 is 2.47 bits per heavy atom. The van der Waals surface area contributed by atoms with Gasteiger partial charge in [-0.3, -0.25) is 0 Å². The van der Waals surface area contributed by atoms with Gasteiger partial charge in [-0.15, -0.1) is 23.2 Å². The Balaban J connectivity index is 2.86. The molecule has 1 aromatic carbocycles. The summed E-state index contributed by atoms with van der Waals surface area (Å²) in [6, 6.07) is 6.04. The van der Waals surface area contributed by atoms with E-state index in [9.17, 15) is 0 Å².